The van der Waals surface area contributed by atoms with Gasteiger partial charge in [0.15, 0.2) is 0 Å². The van der Waals surface area contributed by atoms with Crippen LogP contribution in [0.15, 0.2) is 16.6 Å². The highest BCUT2D eigenvalue weighted by molar-refractivity contribution is 9.10. The highest BCUT2D eigenvalue weighted by Crippen LogP contribution is 2.26. The largest absolute Gasteiger partial charge is 0.397 e. The van der Waals surface area contributed by atoms with Crippen LogP contribution in [0.2, 0.25) is 0 Å². The lowest BCUT2D eigenvalue weighted by molar-refractivity contribution is 0.476. The van der Waals surface area contributed by atoms with Crippen molar-refractivity contribution in [1.29, 1.82) is 0 Å². The minimum Gasteiger partial charge on any atom is -0.397 e. The van der Waals surface area contributed by atoms with Crippen LogP contribution in [0, 0.1) is 5.82 Å². The first kappa shape index (κ1) is 16.2. The molecule has 1 aromatic carbocycles. The molecule has 0 heterocycles. The van der Waals surface area contributed by atoms with Crippen molar-refractivity contribution in [3.05, 3.63) is 22.4 Å². The summed E-state index contributed by atoms with van der Waals surface area (Å²) in [4.78, 5) is 0. The van der Waals surface area contributed by atoms with E-state index in [1.807, 2.05) is 0 Å². The smallest absolute Gasteiger partial charge is 0.209 e. The van der Waals surface area contributed by atoms with E-state index in [9.17, 15) is 12.8 Å². The van der Waals surface area contributed by atoms with Crippen LogP contribution >= 0.6 is 15.9 Å². The fourth-order valence-electron chi connectivity index (χ4n) is 1.57. The lowest BCUT2D eigenvalue weighted by Gasteiger charge is -2.26. The summed E-state index contributed by atoms with van der Waals surface area (Å²) in [6.07, 6.45) is 1.09. The molecule has 0 aliphatic carbocycles. The van der Waals surface area contributed by atoms with E-state index in [-0.39, 0.29) is 10.2 Å². The van der Waals surface area contributed by atoms with Crippen LogP contribution < -0.4 is 15.8 Å². The van der Waals surface area contributed by atoms with E-state index < -0.39 is 21.4 Å². The highest BCUT2D eigenvalue weighted by atomic mass is 79.9. The van der Waals surface area contributed by atoms with Gasteiger partial charge in [-0.1, -0.05) is 0 Å². The lowest BCUT2D eigenvalue weighted by Crippen LogP contribution is -2.47. The second-order valence-electron chi connectivity index (χ2n) is 4.97. The van der Waals surface area contributed by atoms with E-state index in [1.54, 1.807) is 13.8 Å². The molecule has 1 aromatic rings. The minimum absolute atomic E-state index is 0.260. The standard InChI is InChI=1S/C11H17BrFN3O2S/c1-11(2,16-19(3,17)18)6-15-10-4-7(12)8(13)5-9(10)14/h4-5,15-16H,6,14H2,1-3H3. The van der Waals surface area contributed by atoms with Gasteiger partial charge in [-0.05, 0) is 35.8 Å². The van der Waals surface area contributed by atoms with E-state index in [2.05, 4.69) is 26.0 Å². The summed E-state index contributed by atoms with van der Waals surface area (Å²) in [5.74, 6) is -0.448. The Morgan fingerprint density at radius 2 is 2.00 bits per heavy atom. The summed E-state index contributed by atoms with van der Waals surface area (Å²) in [6.45, 7) is 3.77. The van der Waals surface area contributed by atoms with Crippen molar-refractivity contribution in [2.24, 2.45) is 0 Å². The van der Waals surface area contributed by atoms with Crippen LogP contribution in [0.4, 0.5) is 15.8 Å². The Labute approximate surface area is 120 Å². The van der Waals surface area contributed by atoms with Gasteiger partial charge >= 0.3 is 0 Å². The molecule has 0 atom stereocenters. The maximum absolute atomic E-state index is 13.2. The van der Waals surface area contributed by atoms with Crippen LogP contribution in [0.5, 0.6) is 0 Å². The van der Waals surface area contributed by atoms with E-state index >= 15 is 0 Å². The van der Waals surface area contributed by atoms with Gasteiger partial charge in [-0.25, -0.2) is 17.5 Å². The first-order chi connectivity index (χ1) is 8.50. The number of halogens is 2. The van der Waals surface area contributed by atoms with E-state index in [1.165, 1.54) is 12.1 Å². The van der Waals surface area contributed by atoms with Gasteiger partial charge < -0.3 is 11.1 Å². The molecule has 8 heteroatoms. The summed E-state index contributed by atoms with van der Waals surface area (Å²) in [7, 11) is -3.30. The highest BCUT2D eigenvalue weighted by Gasteiger charge is 2.22. The predicted molar refractivity (Wildman–Crippen MR) is 79.1 cm³/mol. The van der Waals surface area contributed by atoms with E-state index in [4.69, 9.17) is 5.73 Å². The maximum atomic E-state index is 13.2. The molecule has 0 radical (unpaired) electrons. The van der Waals surface area contributed by atoms with Gasteiger partial charge in [0.25, 0.3) is 0 Å². The SMILES string of the molecule is CC(C)(CNc1cc(Br)c(F)cc1N)NS(C)(=O)=O. The number of hydrogen-bond acceptors (Lipinski definition) is 4. The van der Waals surface area contributed by atoms with Crippen molar-refractivity contribution >= 4 is 37.3 Å². The molecule has 0 fully saturated rings. The average molecular weight is 354 g/mol. The second kappa shape index (κ2) is 5.64. The number of sulfonamides is 1. The zero-order valence-corrected chi connectivity index (χ0v) is 13.3. The van der Waals surface area contributed by atoms with Gasteiger partial charge in [-0.2, -0.15) is 0 Å². The third kappa shape index (κ3) is 5.33. The molecule has 108 valence electrons. The average Bonchev–Trinajstić information content (AvgIpc) is 2.18. The Morgan fingerprint density at radius 1 is 1.42 bits per heavy atom. The van der Waals surface area contributed by atoms with Crippen molar-refractivity contribution in [3.63, 3.8) is 0 Å². The summed E-state index contributed by atoms with van der Waals surface area (Å²) in [6, 6.07) is 2.71. The predicted octanol–water partition coefficient (Wildman–Crippen LogP) is 1.91. The van der Waals surface area contributed by atoms with Crippen LogP contribution in [0.25, 0.3) is 0 Å². The summed E-state index contributed by atoms with van der Waals surface area (Å²) in [5, 5.41) is 3.00. The van der Waals surface area contributed by atoms with Gasteiger partial charge in [0.1, 0.15) is 5.82 Å². The Balaban J connectivity index is 2.79. The second-order valence-corrected chi connectivity index (χ2v) is 7.57. The summed E-state index contributed by atoms with van der Waals surface area (Å²) < 4.78 is 38.4. The molecular formula is C11H17BrFN3O2S. The van der Waals surface area contributed by atoms with E-state index in [0.29, 0.717) is 12.2 Å². The molecule has 19 heavy (non-hydrogen) atoms. The Kier molecular flexibility index (Phi) is 4.81. The number of rotatable bonds is 5. The normalized spacial score (nSPS) is 12.5. The summed E-state index contributed by atoms with van der Waals surface area (Å²) in [5.41, 5.74) is 5.79. The van der Waals surface area contributed by atoms with Crippen molar-refractivity contribution < 1.29 is 12.8 Å². The molecule has 0 spiro atoms. The fraction of sp³-hybridized carbons (Fsp3) is 0.455. The van der Waals surface area contributed by atoms with Crippen molar-refractivity contribution in [2.45, 2.75) is 19.4 Å². The van der Waals surface area contributed by atoms with Gasteiger partial charge in [-0.15, -0.1) is 0 Å². The van der Waals surface area contributed by atoms with Gasteiger partial charge in [0, 0.05) is 18.2 Å². The molecule has 0 saturated carbocycles. The van der Waals surface area contributed by atoms with Crippen LogP contribution in [-0.2, 0) is 10.0 Å². The zero-order valence-electron chi connectivity index (χ0n) is 10.9. The van der Waals surface area contributed by atoms with Crippen LogP contribution in [0.1, 0.15) is 13.8 Å². The quantitative estimate of drug-likeness (QED) is 0.706. The number of benzene rings is 1. The fourth-order valence-corrected chi connectivity index (χ4v) is 2.99. The molecule has 0 aromatic heterocycles. The molecular weight excluding hydrogens is 337 g/mol. The van der Waals surface area contributed by atoms with Gasteiger partial charge in [0.2, 0.25) is 10.0 Å². The topological polar surface area (TPSA) is 84.2 Å². The third-order valence-electron chi connectivity index (χ3n) is 2.27. The molecule has 0 aliphatic heterocycles. The Morgan fingerprint density at radius 3 is 2.53 bits per heavy atom. The minimum atomic E-state index is -3.30. The first-order valence-electron chi connectivity index (χ1n) is 5.47. The van der Waals surface area contributed by atoms with Crippen molar-refractivity contribution in [2.75, 3.05) is 23.9 Å². The molecule has 0 amide bonds. The Hall–Kier alpha value is -0.860. The van der Waals surface area contributed by atoms with Gasteiger partial charge in [0.05, 0.1) is 22.1 Å². The molecule has 1 rings (SSSR count). The van der Waals surface area contributed by atoms with Crippen molar-refractivity contribution in [3.8, 4) is 0 Å². The number of anilines is 2. The van der Waals surface area contributed by atoms with E-state index in [0.717, 1.165) is 6.26 Å². The number of nitrogens with two attached hydrogens (primary N) is 1. The lowest BCUT2D eigenvalue weighted by atomic mass is 10.1. The monoisotopic (exact) mass is 353 g/mol. The first-order valence-corrected chi connectivity index (χ1v) is 8.16. The third-order valence-corrected chi connectivity index (χ3v) is 3.81. The molecule has 0 aliphatic rings. The van der Waals surface area contributed by atoms with Crippen molar-refractivity contribution in [1.82, 2.24) is 4.72 Å². The van der Waals surface area contributed by atoms with Crippen LogP contribution in [-0.4, -0.2) is 26.8 Å². The molecule has 0 bridgehead atoms. The Bertz CT molecular complexity index is 576. The zero-order chi connectivity index (χ0) is 14.8. The number of hydrogen-bond donors (Lipinski definition) is 3. The molecule has 0 saturated heterocycles. The maximum Gasteiger partial charge on any atom is 0.209 e. The van der Waals surface area contributed by atoms with Gasteiger partial charge in [-0.3, -0.25) is 0 Å². The number of nitrogens with one attached hydrogen (secondary N) is 2. The molecule has 0 unspecified atom stereocenters. The molecule has 4 N–H and O–H groups in total. The number of nitrogen functional groups attached to an aromatic ring is 1. The van der Waals surface area contributed by atoms with Crippen LogP contribution in [0.3, 0.4) is 0 Å². The summed E-state index contributed by atoms with van der Waals surface area (Å²) >= 11 is 3.07. The molecule has 5 nitrogen and oxygen atoms in total.